The first kappa shape index (κ1) is 14.7. The van der Waals surface area contributed by atoms with Crippen LogP contribution >= 0.6 is 0 Å². The molecule has 21 heavy (non-hydrogen) atoms. The zero-order chi connectivity index (χ0) is 15.1. The minimum absolute atomic E-state index is 0.161. The maximum atomic E-state index is 11.8. The van der Waals surface area contributed by atoms with Crippen molar-refractivity contribution in [3.8, 4) is 5.75 Å². The fourth-order valence-corrected chi connectivity index (χ4v) is 1.74. The molecule has 6 nitrogen and oxygen atoms in total. The van der Waals surface area contributed by atoms with Gasteiger partial charge in [-0.2, -0.15) is 0 Å². The standard InChI is InChI=1S/C15H15N2O4/c1-20-14-8-7-12(17-19)9-13(14)16-15(18)21-10-11-5-3-2-4-6-11/h2-9,17H,10H2,1H3,(H,16,18)/q-1. The molecule has 1 amide bonds. The molecule has 0 spiro atoms. The van der Waals surface area contributed by atoms with E-state index in [4.69, 9.17) is 9.47 Å². The molecule has 6 heteroatoms. The molecule has 0 unspecified atom stereocenters. The van der Waals surface area contributed by atoms with E-state index < -0.39 is 6.09 Å². The Morgan fingerprint density at radius 1 is 1.19 bits per heavy atom. The van der Waals surface area contributed by atoms with E-state index in [1.54, 1.807) is 17.6 Å². The van der Waals surface area contributed by atoms with E-state index >= 15 is 0 Å². The van der Waals surface area contributed by atoms with Crippen molar-refractivity contribution in [2.75, 3.05) is 17.9 Å². The first-order chi connectivity index (χ1) is 10.2. The fourth-order valence-electron chi connectivity index (χ4n) is 1.74. The fraction of sp³-hybridized carbons (Fsp3) is 0.133. The number of hydrogen-bond acceptors (Lipinski definition) is 5. The summed E-state index contributed by atoms with van der Waals surface area (Å²) in [6, 6.07) is 13.9. The van der Waals surface area contributed by atoms with Crippen LogP contribution in [0.4, 0.5) is 16.2 Å². The summed E-state index contributed by atoms with van der Waals surface area (Å²) < 4.78 is 10.2. The number of anilines is 2. The average molecular weight is 287 g/mol. The smallest absolute Gasteiger partial charge is 0.412 e. The summed E-state index contributed by atoms with van der Waals surface area (Å²) in [6.07, 6.45) is -0.625. The number of carbonyl (C=O) groups is 1. The molecule has 2 N–H and O–H groups in total. The van der Waals surface area contributed by atoms with Crippen LogP contribution in [-0.4, -0.2) is 13.2 Å². The molecule has 0 saturated carbocycles. The summed E-state index contributed by atoms with van der Waals surface area (Å²) in [4.78, 5) is 11.8. The van der Waals surface area contributed by atoms with Crippen LogP contribution in [0.1, 0.15) is 5.56 Å². The highest BCUT2D eigenvalue weighted by Crippen LogP contribution is 2.27. The molecule has 0 atom stereocenters. The maximum Gasteiger partial charge on any atom is 0.412 e. The Kier molecular flexibility index (Phi) is 5.00. The molecule has 0 bridgehead atoms. The van der Waals surface area contributed by atoms with E-state index in [1.807, 2.05) is 30.3 Å². The van der Waals surface area contributed by atoms with Crippen LogP contribution in [0.5, 0.6) is 5.75 Å². The lowest BCUT2D eigenvalue weighted by Crippen LogP contribution is -2.14. The van der Waals surface area contributed by atoms with Gasteiger partial charge in [0.1, 0.15) is 12.4 Å². The van der Waals surface area contributed by atoms with Crippen molar-refractivity contribution >= 4 is 17.5 Å². The third-order valence-corrected chi connectivity index (χ3v) is 2.77. The van der Waals surface area contributed by atoms with Gasteiger partial charge >= 0.3 is 6.09 Å². The molecule has 0 fully saturated rings. The van der Waals surface area contributed by atoms with Crippen LogP contribution in [0, 0.1) is 5.21 Å². The number of amides is 1. The Morgan fingerprint density at radius 3 is 2.62 bits per heavy atom. The molecular formula is C15H15N2O4-. The van der Waals surface area contributed by atoms with Crippen molar-refractivity contribution in [1.82, 2.24) is 0 Å². The van der Waals surface area contributed by atoms with E-state index in [0.717, 1.165) is 5.56 Å². The Hall–Kier alpha value is -2.73. The molecular weight excluding hydrogens is 272 g/mol. The van der Waals surface area contributed by atoms with E-state index in [1.165, 1.54) is 13.2 Å². The van der Waals surface area contributed by atoms with Crippen LogP contribution in [0.15, 0.2) is 48.5 Å². The molecule has 0 heterocycles. The molecule has 2 aromatic rings. The molecule has 110 valence electrons. The highest BCUT2D eigenvalue weighted by Gasteiger charge is 2.09. The Morgan fingerprint density at radius 2 is 1.95 bits per heavy atom. The molecule has 0 aliphatic rings. The lowest BCUT2D eigenvalue weighted by molar-refractivity contribution is 0.155. The van der Waals surface area contributed by atoms with Gasteiger partial charge in [0, 0.05) is 5.69 Å². The van der Waals surface area contributed by atoms with Crippen molar-refractivity contribution in [2.45, 2.75) is 6.61 Å². The van der Waals surface area contributed by atoms with Gasteiger partial charge in [0.2, 0.25) is 0 Å². The number of nitrogens with one attached hydrogen (secondary N) is 2. The molecule has 0 aromatic heterocycles. The number of carbonyl (C=O) groups excluding carboxylic acids is 1. The quantitative estimate of drug-likeness (QED) is 0.824. The zero-order valence-corrected chi connectivity index (χ0v) is 11.5. The molecule has 0 aliphatic heterocycles. The first-order valence-electron chi connectivity index (χ1n) is 6.27. The Bertz CT molecular complexity index is 602. The average Bonchev–Trinajstić information content (AvgIpc) is 2.54. The minimum Gasteiger partial charge on any atom is -0.761 e. The second kappa shape index (κ2) is 7.16. The number of methoxy groups -OCH3 is 1. The van der Waals surface area contributed by atoms with Crippen LogP contribution in [-0.2, 0) is 11.3 Å². The Balaban J connectivity index is 1.99. The highest BCUT2D eigenvalue weighted by atomic mass is 16.5. The van der Waals surface area contributed by atoms with Crippen molar-refractivity contribution in [3.63, 3.8) is 0 Å². The van der Waals surface area contributed by atoms with Crippen LogP contribution in [0.25, 0.3) is 0 Å². The van der Waals surface area contributed by atoms with Gasteiger partial charge in [-0.15, -0.1) is 0 Å². The van der Waals surface area contributed by atoms with E-state index in [-0.39, 0.29) is 6.61 Å². The van der Waals surface area contributed by atoms with Crippen molar-refractivity contribution < 1.29 is 14.3 Å². The number of benzene rings is 2. The molecule has 0 aliphatic carbocycles. The van der Waals surface area contributed by atoms with Gasteiger partial charge in [-0.3, -0.25) is 5.32 Å². The topological polar surface area (TPSA) is 82.6 Å². The van der Waals surface area contributed by atoms with Crippen LogP contribution in [0.2, 0.25) is 0 Å². The molecule has 0 saturated heterocycles. The third-order valence-electron chi connectivity index (χ3n) is 2.77. The predicted octanol–water partition coefficient (Wildman–Crippen LogP) is 3.35. The molecule has 2 aromatic carbocycles. The number of ether oxygens (including phenoxy) is 2. The number of hydrogen-bond donors (Lipinski definition) is 2. The summed E-state index contributed by atoms with van der Waals surface area (Å²) in [5.41, 5.74) is 3.31. The SMILES string of the molecule is COc1ccc(N[O-])cc1NC(=O)OCc1ccccc1. The first-order valence-corrected chi connectivity index (χ1v) is 6.27. The molecule has 2 rings (SSSR count). The van der Waals surface area contributed by atoms with Crippen molar-refractivity contribution in [1.29, 1.82) is 0 Å². The maximum absolute atomic E-state index is 11.8. The van der Waals surface area contributed by atoms with Gasteiger partial charge in [-0.1, -0.05) is 30.3 Å². The zero-order valence-electron chi connectivity index (χ0n) is 11.5. The van der Waals surface area contributed by atoms with Gasteiger partial charge in [0.15, 0.2) is 0 Å². The third kappa shape index (κ3) is 4.12. The largest absolute Gasteiger partial charge is 0.761 e. The second-order valence-corrected chi connectivity index (χ2v) is 4.20. The summed E-state index contributed by atoms with van der Waals surface area (Å²) in [7, 11) is 1.47. The van der Waals surface area contributed by atoms with Crippen LogP contribution < -0.4 is 15.5 Å². The number of rotatable bonds is 5. The molecule has 0 radical (unpaired) electrons. The lowest BCUT2D eigenvalue weighted by atomic mass is 10.2. The van der Waals surface area contributed by atoms with Gasteiger partial charge in [0.05, 0.1) is 12.8 Å². The van der Waals surface area contributed by atoms with E-state index in [0.29, 0.717) is 17.1 Å². The van der Waals surface area contributed by atoms with E-state index in [2.05, 4.69) is 5.32 Å². The van der Waals surface area contributed by atoms with Gasteiger partial charge < -0.3 is 20.2 Å². The normalized spacial score (nSPS) is 9.81. The second-order valence-electron chi connectivity index (χ2n) is 4.20. The van der Waals surface area contributed by atoms with Crippen molar-refractivity contribution in [3.05, 3.63) is 59.3 Å². The van der Waals surface area contributed by atoms with Gasteiger partial charge in [-0.05, 0) is 23.8 Å². The summed E-state index contributed by atoms with van der Waals surface area (Å²) >= 11 is 0. The monoisotopic (exact) mass is 287 g/mol. The highest BCUT2D eigenvalue weighted by molar-refractivity contribution is 5.87. The summed E-state index contributed by atoms with van der Waals surface area (Å²) in [5.74, 6) is 0.436. The van der Waals surface area contributed by atoms with Crippen molar-refractivity contribution in [2.24, 2.45) is 0 Å². The summed E-state index contributed by atoms with van der Waals surface area (Å²) in [6.45, 7) is 0.161. The van der Waals surface area contributed by atoms with Gasteiger partial charge in [0.25, 0.3) is 0 Å². The van der Waals surface area contributed by atoms with E-state index in [9.17, 15) is 10.0 Å². The Labute approximate surface area is 122 Å². The van der Waals surface area contributed by atoms with Crippen LogP contribution in [0.3, 0.4) is 0 Å². The lowest BCUT2D eigenvalue weighted by Gasteiger charge is -2.14. The predicted molar refractivity (Wildman–Crippen MR) is 80.2 cm³/mol. The summed E-state index contributed by atoms with van der Waals surface area (Å²) in [5, 5.41) is 13.2. The minimum atomic E-state index is -0.625. The van der Waals surface area contributed by atoms with Gasteiger partial charge in [-0.25, -0.2) is 4.79 Å².